The molecule has 1 fully saturated rings. The number of benzene rings is 1. The molecule has 12 heteroatoms. The number of rotatable bonds is 5. The summed E-state index contributed by atoms with van der Waals surface area (Å²) in [5.41, 5.74) is 5.02. The minimum Gasteiger partial charge on any atom is -0.380 e. The maximum atomic E-state index is 13.2. The van der Waals surface area contributed by atoms with Crippen molar-refractivity contribution in [2.75, 3.05) is 29.1 Å². The van der Waals surface area contributed by atoms with E-state index < -0.39 is 23.5 Å². The number of fused-ring (bicyclic) bond motifs is 1. The number of morpholine rings is 1. The number of hydrogen-bond donors (Lipinski definition) is 3. The Bertz CT molecular complexity index is 1360. The van der Waals surface area contributed by atoms with E-state index in [1.54, 1.807) is 53.6 Å². The fourth-order valence-corrected chi connectivity index (χ4v) is 3.73. The summed E-state index contributed by atoms with van der Waals surface area (Å²) >= 11 is 0. The fraction of sp³-hybridized carbons (Fsp3) is 0.227. The first-order valence-corrected chi connectivity index (χ1v) is 10.4. The van der Waals surface area contributed by atoms with Gasteiger partial charge in [-0.05, 0) is 31.2 Å². The monoisotopic (exact) mass is 463 g/mol. The van der Waals surface area contributed by atoms with Crippen molar-refractivity contribution in [1.82, 2.24) is 19.9 Å². The number of nitrogens with two attached hydrogens (primary N) is 1. The van der Waals surface area contributed by atoms with Crippen LogP contribution in [0.5, 0.6) is 0 Å². The van der Waals surface area contributed by atoms with Crippen molar-refractivity contribution < 1.29 is 24.0 Å². The second kappa shape index (κ2) is 8.24. The zero-order valence-corrected chi connectivity index (χ0v) is 18.1. The Morgan fingerprint density at radius 1 is 1.26 bits per heavy atom. The number of carbonyl (C=O) groups is 2. The number of amides is 2. The molecule has 2 atom stereocenters. The molecule has 1 saturated heterocycles. The molecule has 34 heavy (non-hydrogen) atoms. The number of nitrogen functional groups attached to an aromatic ring is 1. The van der Waals surface area contributed by atoms with E-state index in [0.717, 1.165) is 5.69 Å². The number of hydrogen-bond acceptors (Lipinski definition) is 9. The Morgan fingerprint density at radius 3 is 2.85 bits per heavy atom. The van der Waals surface area contributed by atoms with Crippen LogP contribution in [0.3, 0.4) is 0 Å². The lowest BCUT2D eigenvalue weighted by molar-refractivity contribution is -0.165. The minimum absolute atomic E-state index is 0.116. The van der Waals surface area contributed by atoms with Gasteiger partial charge >= 0.3 is 0 Å². The maximum Gasteiger partial charge on any atom is 0.260 e. The van der Waals surface area contributed by atoms with Crippen molar-refractivity contribution >= 4 is 40.1 Å². The van der Waals surface area contributed by atoms with Crippen LogP contribution in [0.25, 0.3) is 16.7 Å². The molecule has 0 bridgehead atoms. The van der Waals surface area contributed by atoms with Gasteiger partial charge < -0.3 is 25.4 Å². The first-order chi connectivity index (χ1) is 16.3. The smallest absolute Gasteiger partial charge is 0.260 e. The molecule has 0 spiro atoms. The van der Waals surface area contributed by atoms with Crippen LogP contribution in [0, 0.1) is 0 Å². The molecule has 5 rings (SSSR count). The number of anilines is 3. The molecule has 3 aromatic heterocycles. The SMILES string of the molecule is CC(O)(C(=O)Nc1ccc2c(N)noc2c1)[C@H]1OCCN(c2ccn(-c3ccncc3)n2)C1=O. The molecule has 0 aliphatic carbocycles. The van der Waals surface area contributed by atoms with E-state index in [9.17, 15) is 14.7 Å². The van der Waals surface area contributed by atoms with E-state index in [1.807, 2.05) is 0 Å². The second-order valence-electron chi connectivity index (χ2n) is 7.95. The summed E-state index contributed by atoms with van der Waals surface area (Å²) in [7, 11) is 0. The molecule has 2 amide bonds. The van der Waals surface area contributed by atoms with Gasteiger partial charge in [-0.1, -0.05) is 5.16 Å². The predicted molar refractivity (Wildman–Crippen MR) is 121 cm³/mol. The first kappa shape index (κ1) is 21.6. The molecule has 1 unspecified atom stereocenters. The van der Waals surface area contributed by atoms with Gasteiger partial charge in [-0.25, -0.2) is 4.68 Å². The van der Waals surface area contributed by atoms with Crippen LogP contribution in [0.1, 0.15) is 6.92 Å². The minimum atomic E-state index is -2.17. The number of aromatic nitrogens is 4. The van der Waals surface area contributed by atoms with Gasteiger partial charge in [0, 0.05) is 36.4 Å². The third-order valence-electron chi connectivity index (χ3n) is 5.60. The highest BCUT2D eigenvalue weighted by Gasteiger charge is 2.48. The van der Waals surface area contributed by atoms with E-state index >= 15 is 0 Å². The van der Waals surface area contributed by atoms with Gasteiger partial charge in [0.15, 0.2) is 28.9 Å². The molecular weight excluding hydrogens is 442 g/mol. The molecule has 1 aliphatic heterocycles. The predicted octanol–water partition coefficient (Wildman–Crippen LogP) is 1.11. The normalized spacial score (nSPS) is 18.1. The lowest BCUT2D eigenvalue weighted by atomic mass is 9.95. The lowest BCUT2D eigenvalue weighted by Crippen LogP contribution is -2.61. The number of ether oxygens (including phenoxy) is 1. The third-order valence-corrected chi connectivity index (χ3v) is 5.60. The average molecular weight is 463 g/mol. The van der Waals surface area contributed by atoms with Crippen molar-refractivity contribution in [3.63, 3.8) is 0 Å². The Labute approximate surface area is 192 Å². The van der Waals surface area contributed by atoms with Crippen molar-refractivity contribution in [2.24, 2.45) is 0 Å². The quantitative estimate of drug-likeness (QED) is 0.394. The third kappa shape index (κ3) is 3.74. The Balaban J connectivity index is 1.34. The summed E-state index contributed by atoms with van der Waals surface area (Å²) < 4.78 is 12.2. The molecule has 1 aliphatic rings. The van der Waals surface area contributed by atoms with E-state index in [0.29, 0.717) is 22.5 Å². The molecular formula is C22H21N7O5. The molecule has 4 aromatic rings. The van der Waals surface area contributed by atoms with E-state index in [-0.39, 0.29) is 19.0 Å². The van der Waals surface area contributed by atoms with E-state index in [4.69, 9.17) is 15.0 Å². The highest BCUT2D eigenvalue weighted by molar-refractivity contribution is 6.06. The highest BCUT2D eigenvalue weighted by atomic mass is 16.5. The topological polar surface area (TPSA) is 162 Å². The van der Waals surface area contributed by atoms with Crippen molar-refractivity contribution in [2.45, 2.75) is 18.6 Å². The summed E-state index contributed by atoms with van der Waals surface area (Å²) in [4.78, 5) is 31.5. The van der Waals surface area contributed by atoms with Crippen LogP contribution >= 0.6 is 0 Å². The van der Waals surface area contributed by atoms with Crippen molar-refractivity contribution in [3.8, 4) is 5.69 Å². The van der Waals surface area contributed by atoms with E-state index in [2.05, 4.69) is 20.6 Å². The molecule has 12 nitrogen and oxygen atoms in total. The summed E-state index contributed by atoms with van der Waals surface area (Å²) in [5.74, 6) is -0.793. The van der Waals surface area contributed by atoms with Gasteiger partial charge in [0.2, 0.25) is 0 Å². The van der Waals surface area contributed by atoms with Crippen LogP contribution in [-0.4, -0.2) is 61.7 Å². The van der Waals surface area contributed by atoms with Gasteiger partial charge in [0.05, 0.1) is 24.2 Å². The molecule has 174 valence electrons. The maximum absolute atomic E-state index is 13.2. The number of nitrogens with one attached hydrogen (secondary N) is 1. The largest absolute Gasteiger partial charge is 0.380 e. The Kier molecular flexibility index (Phi) is 5.23. The zero-order valence-electron chi connectivity index (χ0n) is 18.1. The van der Waals surface area contributed by atoms with Crippen LogP contribution in [0.15, 0.2) is 59.5 Å². The first-order valence-electron chi connectivity index (χ1n) is 10.4. The number of aliphatic hydroxyl groups is 1. The molecule has 0 radical (unpaired) electrons. The summed E-state index contributed by atoms with van der Waals surface area (Å²) in [5, 5.41) is 22.3. The van der Waals surface area contributed by atoms with Gasteiger partial charge in [-0.2, -0.15) is 0 Å². The number of pyridine rings is 1. The standard InChI is InChI=1S/C22H21N7O5/c1-22(32,21(31)25-13-2-3-15-16(12-13)34-27-19(15)23)18-20(30)28(10-11-33-18)17-6-9-29(26-17)14-4-7-24-8-5-14/h2-9,12,18,32H,10-11H2,1H3,(H2,23,27)(H,25,31)/t18-,22?/m0/s1. The molecule has 1 aromatic carbocycles. The highest BCUT2D eigenvalue weighted by Crippen LogP contribution is 2.27. The van der Waals surface area contributed by atoms with Gasteiger partial charge in [-0.3, -0.25) is 19.5 Å². The summed E-state index contributed by atoms with van der Waals surface area (Å²) in [6.07, 6.45) is 3.55. The molecule has 4 N–H and O–H groups in total. The van der Waals surface area contributed by atoms with Gasteiger partial charge in [-0.15, -0.1) is 5.10 Å². The second-order valence-corrected chi connectivity index (χ2v) is 7.95. The van der Waals surface area contributed by atoms with E-state index in [1.165, 1.54) is 17.9 Å². The molecule has 0 saturated carbocycles. The van der Waals surface area contributed by atoms with Gasteiger partial charge in [0.1, 0.15) is 0 Å². The molecule has 4 heterocycles. The lowest BCUT2D eigenvalue weighted by Gasteiger charge is -2.37. The summed E-state index contributed by atoms with van der Waals surface area (Å²) in [6, 6.07) is 9.97. The zero-order chi connectivity index (χ0) is 23.9. The Hall–Kier alpha value is -4.29. The average Bonchev–Trinajstić information content (AvgIpc) is 3.47. The fourth-order valence-electron chi connectivity index (χ4n) is 3.73. The summed E-state index contributed by atoms with van der Waals surface area (Å²) in [6.45, 7) is 1.57. The van der Waals surface area contributed by atoms with Crippen molar-refractivity contribution in [3.05, 3.63) is 55.0 Å². The number of nitrogens with zero attached hydrogens (tertiary/aromatic N) is 5. The van der Waals surface area contributed by atoms with Crippen LogP contribution in [0.4, 0.5) is 17.3 Å². The van der Waals surface area contributed by atoms with Gasteiger partial charge in [0.25, 0.3) is 11.8 Å². The number of carbonyl (C=O) groups excluding carboxylic acids is 2. The van der Waals surface area contributed by atoms with Crippen LogP contribution < -0.4 is 16.0 Å². The van der Waals surface area contributed by atoms with Crippen LogP contribution in [-0.2, 0) is 14.3 Å². The van der Waals surface area contributed by atoms with Crippen molar-refractivity contribution in [1.29, 1.82) is 0 Å². The Morgan fingerprint density at radius 2 is 2.06 bits per heavy atom. The van der Waals surface area contributed by atoms with Crippen LogP contribution in [0.2, 0.25) is 0 Å².